The van der Waals surface area contributed by atoms with Gasteiger partial charge in [-0.2, -0.15) is 0 Å². The van der Waals surface area contributed by atoms with Crippen molar-refractivity contribution in [2.24, 2.45) is 16.6 Å². The number of nitrogens with two attached hydrogens (primary N) is 1. The van der Waals surface area contributed by atoms with E-state index in [0.29, 0.717) is 28.6 Å². The second-order valence-electron chi connectivity index (χ2n) is 8.09. The first-order chi connectivity index (χ1) is 16.4. The fourth-order valence-corrected chi connectivity index (χ4v) is 4.01. The molecule has 2 amide bonds. The summed E-state index contributed by atoms with van der Waals surface area (Å²) in [6, 6.07) is 10.1. The lowest BCUT2D eigenvalue weighted by molar-refractivity contribution is -0.120. The Bertz CT molecular complexity index is 1020. The zero-order chi connectivity index (χ0) is 24.5. The molecule has 1 fully saturated rings. The van der Waals surface area contributed by atoms with Gasteiger partial charge in [0.2, 0.25) is 17.6 Å². The zero-order valence-corrected chi connectivity index (χ0v) is 19.8. The van der Waals surface area contributed by atoms with Gasteiger partial charge in [0.1, 0.15) is 0 Å². The van der Waals surface area contributed by atoms with Gasteiger partial charge in [-0.15, -0.1) is 0 Å². The maximum Gasteiger partial charge on any atom is 0.258 e. The molecule has 4 N–H and O–H groups in total. The Morgan fingerprint density at radius 3 is 2.18 bits per heavy atom. The van der Waals surface area contributed by atoms with Gasteiger partial charge in [0, 0.05) is 17.2 Å². The summed E-state index contributed by atoms with van der Waals surface area (Å²) in [7, 11) is 4.42. The minimum Gasteiger partial charge on any atom is -0.493 e. The maximum absolute atomic E-state index is 12.7. The van der Waals surface area contributed by atoms with E-state index in [1.165, 1.54) is 46.3 Å². The summed E-state index contributed by atoms with van der Waals surface area (Å²) in [5, 5.41) is 5.53. The monoisotopic (exact) mass is 468 g/mol. The standard InChI is InChI=1S/C25H32N4O5/c1-32-20-13-17(14-21(33-2)22(20)34-3)24(31)29-25(26)28-19-12-8-11-18(15-19)27-23(30)16-9-6-4-5-7-10-16/h8,11-16H,4-7,9-10H2,1-3H3,(H,27,30)(H3,26,28,29,31). The van der Waals surface area contributed by atoms with Gasteiger partial charge >= 0.3 is 0 Å². The molecule has 0 unspecified atom stereocenters. The van der Waals surface area contributed by atoms with Crippen molar-refractivity contribution in [2.75, 3.05) is 26.6 Å². The minimum absolute atomic E-state index is 0.0340. The molecule has 0 heterocycles. The summed E-state index contributed by atoms with van der Waals surface area (Å²) < 4.78 is 15.8. The molecule has 34 heavy (non-hydrogen) atoms. The van der Waals surface area contributed by atoms with Crippen LogP contribution in [0.4, 0.5) is 11.4 Å². The molecule has 182 valence electrons. The first-order valence-electron chi connectivity index (χ1n) is 11.3. The minimum atomic E-state index is -0.488. The first kappa shape index (κ1) is 24.9. The van der Waals surface area contributed by atoms with Crippen molar-refractivity contribution in [3.05, 3.63) is 42.0 Å². The molecule has 1 aliphatic rings. The third kappa shape index (κ3) is 6.40. The van der Waals surface area contributed by atoms with Gasteiger partial charge in [-0.1, -0.05) is 31.7 Å². The number of aliphatic imine (C=N–C) groups is 1. The largest absolute Gasteiger partial charge is 0.493 e. The van der Waals surface area contributed by atoms with Gasteiger partial charge in [0.05, 0.1) is 27.0 Å². The number of carbonyl (C=O) groups is 2. The molecule has 2 aromatic rings. The van der Waals surface area contributed by atoms with Gasteiger partial charge in [-0.3, -0.25) is 14.9 Å². The maximum atomic E-state index is 12.7. The quantitative estimate of drug-likeness (QED) is 0.321. The van der Waals surface area contributed by atoms with E-state index in [4.69, 9.17) is 19.9 Å². The van der Waals surface area contributed by atoms with E-state index in [0.717, 1.165) is 25.7 Å². The zero-order valence-electron chi connectivity index (χ0n) is 19.8. The van der Waals surface area contributed by atoms with Crippen molar-refractivity contribution >= 4 is 29.1 Å². The van der Waals surface area contributed by atoms with E-state index in [1.807, 2.05) is 0 Å². The second-order valence-corrected chi connectivity index (χ2v) is 8.09. The fourth-order valence-electron chi connectivity index (χ4n) is 4.01. The van der Waals surface area contributed by atoms with Gasteiger partial charge in [0.25, 0.3) is 5.91 Å². The van der Waals surface area contributed by atoms with Crippen molar-refractivity contribution in [2.45, 2.75) is 38.5 Å². The van der Waals surface area contributed by atoms with E-state index < -0.39 is 5.91 Å². The molecule has 0 saturated heterocycles. The molecule has 0 atom stereocenters. The Hall–Kier alpha value is -3.75. The Morgan fingerprint density at radius 1 is 0.941 bits per heavy atom. The van der Waals surface area contributed by atoms with Gasteiger partial charge in [-0.25, -0.2) is 4.99 Å². The molecular weight excluding hydrogens is 436 g/mol. The molecule has 0 radical (unpaired) electrons. The van der Waals surface area contributed by atoms with E-state index in [2.05, 4.69) is 15.6 Å². The highest BCUT2D eigenvalue weighted by atomic mass is 16.5. The van der Waals surface area contributed by atoms with Crippen molar-refractivity contribution in [3.8, 4) is 17.2 Å². The third-order valence-electron chi connectivity index (χ3n) is 5.76. The van der Waals surface area contributed by atoms with E-state index >= 15 is 0 Å². The molecule has 1 saturated carbocycles. The predicted octanol–water partition coefficient (Wildman–Crippen LogP) is 4.00. The average molecular weight is 469 g/mol. The van der Waals surface area contributed by atoms with Crippen LogP contribution in [0.2, 0.25) is 0 Å². The van der Waals surface area contributed by atoms with E-state index in [-0.39, 0.29) is 23.3 Å². The number of carbonyl (C=O) groups excluding carboxylic acids is 2. The summed E-state index contributed by atoms with van der Waals surface area (Å²) in [5.74, 6) is 0.568. The Kier molecular flexibility index (Phi) is 8.73. The summed E-state index contributed by atoms with van der Waals surface area (Å²) in [4.78, 5) is 29.6. The lowest BCUT2D eigenvalue weighted by Crippen LogP contribution is -2.36. The van der Waals surface area contributed by atoms with Crippen molar-refractivity contribution in [3.63, 3.8) is 0 Å². The molecule has 0 aliphatic heterocycles. The first-order valence-corrected chi connectivity index (χ1v) is 11.3. The van der Waals surface area contributed by atoms with Crippen molar-refractivity contribution in [1.29, 1.82) is 0 Å². The van der Waals surface area contributed by atoms with Crippen LogP contribution < -0.4 is 30.6 Å². The summed E-state index contributed by atoms with van der Waals surface area (Å²) in [5.41, 5.74) is 7.37. The molecule has 0 aromatic heterocycles. The fraction of sp³-hybridized carbons (Fsp3) is 0.400. The van der Waals surface area contributed by atoms with Crippen LogP contribution in [0.1, 0.15) is 48.9 Å². The lowest BCUT2D eigenvalue weighted by Gasteiger charge is -2.14. The van der Waals surface area contributed by atoms with Crippen LogP contribution in [-0.2, 0) is 4.79 Å². The molecule has 1 aliphatic carbocycles. The number of hydrogen-bond acceptors (Lipinski definition) is 6. The van der Waals surface area contributed by atoms with E-state index in [1.54, 1.807) is 24.3 Å². The highest BCUT2D eigenvalue weighted by Crippen LogP contribution is 2.38. The Labute approximate surface area is 199 Å². The normalized spacial score (nSPS) is 14.6. The molecular formula is C25H32N4O5. The molecule has 0 bridgehead atoms. The number of guanidine groups is 1. The predicted molar refractivity (Wildman–Crippen MR) is 131 cm³/mol. The van der Waals surface area contributed by atoms with Crippen LogP contribution in [0.25, 0.3) is 0 Å². The number of nitrogens with zero attached hydrogens (tertiary/aromatic N) is 1. The van der Waals surface area contributed by atoms with Crippen LogP contribution in [-0.4, -0.2) is 39.1 Å². The number of amides is 2. The summed E-state index contributed by atoms with van der Waals surface area (Å²) >= 11 is 0. The molecule has 9 nitrogen and oxygen atoms in total. The van der Waals surface area contributed by atoms with Crippen LogP contribution >= 0.6 is 0 Å². The number of nitrogens with one attached hydrogen (secondary N) is 2. The summed E-state index contributed by atoms with van der Waals surface area (Å²) in [6.45, 7) is 0. The average Bonchev–Trinajstić information content (AvgIpc) is 3.13. The van der Waals surface area contributed by atoms with Gasteiger partial charge < -0.3 is 25.3 Å². The highest BCUT2D eigenvalue weighted by Gasteiger charge is 2.20. The number of anilines is 1. The number of hydrogen-bond donors (Lipinski definition) is 3. The summed E-state index contributed by atoms with van der Waals surface area (Å²) in [6.07, 6.45) is 6.40. The van der Waals surface area contributed by atoms with E-state index in [9.17, 15) is 9.59 Å². The van der Waals surface area contributed by atoms with Crippen molar-refractivity contribution in [1.82, 2.24) is 5.32 Å². The molecule has 2 aromatic carbocycles. The molecule has 3 rings (SSSR count). The number of ether oxygens (including phenoxy) is 3. The number of methoxy groups -OCH3 is 3. The van der Waals surface area contributed by atoms with Crippen LogP contribution in [0.3, 0.4) is 0 Å². The number of benzene rings is 2. The Morgan fingerprint density at radius 2 is 1.59 bits per heavy atom. The van der Waals surface area contributed by atoms with Crippen LogP contribution in [0.5, 0.6) is 17.2 Å². The van der Waals surface area contributed by atoms with Crippen LogP contribution in [0.15, 0.2) is 41.4 Å². The smallest absolute Gasteiger partial charge is 0.258 e. The molecule has 9 heteroatoms. The number of rotatable bonds is 7. The van der Waals surface area contributed by atoms with Gasteiger partial charge in [-0.05, 0) is 43.2 Å². The van der Waals surface area contributed by atoms with Crippen LogP contribution in [0, 0.1) is 5.92 Å². The topological polar surface area (TPSA) is 124 Å². The third-order valence-corrected chi connectivity index (χ3v) is 5.76. The lowest BCUT2D eigenvalue weighted by atomic mass is 9.99. The Balaban J connectivity index is 1.69. The molecule has 0 spiro atoms. The second kappa shape index (κ2) is 11.9. The van der Waals surface area contributed by atoms with Gasteiger partial charge in [0.15, 0.2) is 11.5 Å². The van der Waals surface area contributed by atoms with Crippen molar-refractivity contribution < 1.29 is 23.8 Å². The highest BCUT2D eigenvalue weighted by molar-refractivity contribution is 6.06. The SMILES string of the molecule is COc1cc(C(=O)NC(N)=Nc2cccc(NC(=O)C3CCCCCC3)c2)cc(OC)c1OC.